The smallest absolute Gasteiger partial charge is 0.253 e. The van der Waals surface area contributed by atoms with Gasteiger partial charge in [-0.15, -0.1) is 0 Å². The molecule has 6 heteroatoms. The first-order valence-electron chi connectivity index (χ1n) is 10.4. The molecule has 0 aromatic rings. The van der Waals surface area contributed by atoms with Crippen LogP contribution in [0.25, 0.3) is 0 Å². The van der Waals surface area contributed by atoms with Crippen LogP contribution in [0.15, 0.2) is 0 Å². The summed E-state index contributed by atoms with van der Waals surface area (Å²) >= 11 is 8.53. The lowest BCUT2D eigenvalue weighted by Gasteiger charge is -2.04. The van der Waals surface area contributed by atoms with Crippen LogP contribution in [0, 0.1) is 0 Å². The number of aliphatic hydroxyl groups is 1. The van der Waals surface area contributed by atoms with Crippen LogP contribution in [-0.2, 0) is 4.74 Å². The van der Waals surface area contributed by atoms with E-state index in [2.05, 4.69) is 37.1 Å². The summed E-state index contributed by atoms with van der Waals surface area (Å²) in [6, 6.07) is 0. The minimum atomic E-state index is -0.500. The zero-order valence-corrected chi connectivity index (χ0v) is 18.5. The van der Waals surface area contributed by atoms with E-state index in [0.717, 1.165) is 6.42 Å². The Hall–Kier alpha value is -0.620. The summed E-state index contributed by atoms with van der Waals surface area (Å²) in [5.74, 6) is 0. The molecule has 0 spiro atoms. The summed E-state index contributed by atoms with van der Waals surface area (Å²) in [6.45, 7) is 2.97. The molecule has 4 nitrogen and oxygen atoms in total. The fourth-order valence-corrected chi connectivity index (χ4v) is 2.91. The van der Waals surface area contributed by atoms with Crippen LogP contribution in [0.1, 0.15) is 110 Å². The minimum absolute atomic E-state index is 0.181. The molecule has 0 heterocycles. The molecule has 0 unspecified atom stereocenters. The molecular formula is C20H42N2O2S2. The molecule has 26 heavy (non-hydrogen) atoms. The van der Waals surface area contributed by atoms with Crippen molar-refractivity contribution in [1.82, 2.24) is 0 Å². The summed E-state index contributed by atoms with van der Waals surface area (Å²) in [7, 11) is 0. The summed E-state index contributed by atoms with van der Waals surface area (Å²) < 4.78 is 5.07. The van der Waals surface area contributed by atoms with Gasteiger partial charge in [0.05, 0.1) is 6.61 Å². The topological polar surface area (TPSA) is 81.5 Å². The second-order valence-electron chi connectivity index (χ2n) is 6.81. The number of thiocarbonyl (C=S) groups is 2. The Kier molecular flexibility index (Phi) is 25.9. The minimum Gasteiger partial charge on any atom is -0.487 e. The van der Waals surface area contributed by atoms with E-state index in [1.54, 1.807) is 0 Å². The summed E-state index contributed by atoms with van der Waals surface area (Å²) in [5.41, 5.74) is 9.67. The summed E-state index contributed by atoms with van der Waals surface area (Å²) in [5, 5.41) is 7.25. The van der Waals surface area contributed by atoms with Crippen molar-refractivity contribution in [3.8, 4) is 0 Å². The van der Waals surface area contributed by atoms with Gasteiger partial charge in [-0.3, -0.25) is 0 Å². The number of hydrogen-bond donors (Lipinski definition) is 3. The molecule has 0 aliphatic rings. The highest BCUT2D eigenvalue weighted by atomic mass is 32.1. The highest BCUT2D eigenvalue weighted by Gasteiger charge is 1.95. The standard InChI is InChI=1S/C19H39NOS.CH3NOS/c1-2-3-4-5-6-7-8-9-10-11-12-13-14-15-16-17-18-21-19(20)22;2-1(3)4/h2-18H2,1H3,(H2,20,22);(H3,2,3,4). The summed E-state index contributed by atoms with van der Waals surface area (Å²) in [4.78, 5) is 0. The lowest BCUT2D eigenvalue weighted by atomic mass is 10.0. The van der Waals surface area contributed by atoms with Crippen LogP contribution < -0.4 is 11.5 Å². The molecule has 0 rings (SSSR count). The first-order valence-corrected chi connectivity index (χ1v) is 11.2. The molecule has 0 fully saturated rings. The molecule has 0 aliphatic heterocycles. The van der Waals surface area contributed by atoms with Crippen LogP contribution in [0.4, 0.5) is 0 Å². The Morgan fingerprint density at radius 1 is 0.654 bits per heavy atom. The van der Waals surface area contributed by atoms with Gasteiger partial charge in [-0.1, -0.05) is 103 Å². The van der Waals surface area contributed by atoms with Crippen molar-refractivity contribution in [1.29, 1.82) is 0 Å². The molecule has 0 radical (unpaired) electrons. The van der Waals surface area contributed by atoms with Crippen LogP contribution in [0.3, 0.4) is 0 Å². The molecule has 0 atom stereocenters. The van der Waals surface area contributed by atoms with Gasteiger partial charge >= 0.3 is 0 Å². The van der Waals surface area contributed by atoms with Gasteiger partial charge in [0.15, 0.2) is 0 Å². The first-order chi connectivity index (χ1) is 12.5. The Balaban J connectivity index is 0. The van der Waals surface area contributed by atoms with Gasteiger partial charge in [0.25, 0.3) is 10.3 Å². The number of rotatable bonds is 17. The van der Waals surface area contributed by atoms with Gasteiger partial charge in [0.1, 0.15) is 0 Å². The van der Waals surface area contributed by atoms with Crippen molar-refractivity contribution in [2.75, 3.05) is 6.61 Å². The molecular weight excluding hydrogens is 364 g/mol. The third kappa shape index (κ3) is 34.7. The molecule has 0 aliphatic carbocycles. The predicted molar refractivity (Wildman–Crippen MR) is 122 cm³/mol. The number of hydrogen-bond acceptors (Lipinski definition) is 3. The molecule has 0 bridgehead atoms. The van der Waals surface area contributed by atoms with E-state index in [4.69, 9.17) is 15.6 Å². The van der Waals surface area contributed by atoms with Crippen LogP contribution >= 0.6 is 24.4 Å². The largest absolute Gasteiger partial charge is 0.487 e. The maximum Gasteiger partial charge on any atom is 0.253 e. The Bertz CT molecular complexity index is 312. The third-order valence-electron chi connectivity index (χ3n) is 4.24. The molecule has 0 saturated heterocycles. The number of ether oxygens (including phenoxy) is 1. The Morgan fingerprint density at radius 2 is 0.923 bits per heavy atom. The zero-order valence-electron chi connectivity index (χ0n) is 16.8. The van der Waals surface area contributed by atoms with Crippen molar-refractivity contribution in [2.45, 2.75) is 110 Å². The van der Waals surface area contributed by atoms with E-state index < -0.39 is 5.17 Å². The lowest BCUT2D eigenvalue weighted by molar-refractivity contribution is 0.295. The average Bonchev–Trinajstić information content (AvgIpc) is 2.57. The van der Waals surface area contributed by atoms with Crippen molar-refractivity contribution >= 4 is 34.8 Å². The normalized spacial score (nSPS) is 10.0. The van der Waals surface area contributed by atoms with Gasteiger partial charge < -0.3 is 21.3 Å². The Morgan fingerprint density at radius 3 is 1.19 bits per heavy atom. The quantitative estimate of drug-likeness (QED) is 0.194. The van der Waals surface area contributed by atoms with Gasteiger partial charge in [0.2, 0.25) is 0 Å². The Labute approximate surface area is 172 Å². The predicted octanol–water partition coefficient (Wildman–Crippen LogP) is 6.30. The highest BCUT2D eigenvalue weighted by Crippen LogP contribution is 2.13. The molecule has 0 aromatic heterocycles. The van der Waals surface area contributed by atoms with Gasteiger partial charge in [-0.05, 0) is 30.9 Å². The molecule has 0 amide bonds. The molecule has 0 aromatic carbocycles. The van der Waals surface area contributed by atoms with Crippen molar-refractivity contribution < 1.29 is 9.84 Å². The van der Waals surface area contributed by atoms with E-state index >= 15 is 0 Å². The van der Waals surface area contributed by atoms with Crippen molar-refractivity contribution in [2.24, 2.45) is 11.5 Å². The second kappa shape index (κ2) is 24.4. The molecule has 0 saturated carbocycles. The van der Waals surface area contributed by atoms with Crippen molar-refractivity contribution in [3.05, 3.63) is 0 Å². The van der Waals surface area contributed by atoms with Crippen LogP contribution in [0.2, 0.25) is 0 Å². The molecule has 156 valence electrons. The van der Waals surface area contributed by atoms with Crippen molar-refractivity contribution in [3.63, 3.8) is 0 Å². The SMILES string of the molecule is CCCCCCCCCCCCCCCCCCOC(N)=S.NC(O)=S. The number of nitrogens with two attached hydrogens (primary N) is 2. The average molecular weight is 407 g/mol. The highest BCUT2D eigenvalue weighted by molar-refractivity contribution is 7.80. The zero-order chi connectivity index (χ0) is 19.9. The van der Waals surface area contributed by atoms with Gasteiger partial charge in [-0.2, -0.15) is 0 Å². The summed E-state index contributed by atoms with van der Waals surface area (Å²) in [6.07, 6.45) is 22.2. The molecule has 5 N–H and O–H groups in total. The third-order valence-corrected chi connectivity index (χ3v) is 4.36. The fraction of sp³-hybridized carbons (Fsp3) is 0.900. The van der Waals surface area contributed by atoms with E-state index in [0.29, 0.717) is 6.61 Å². The number of unbranched alkanes of at least 4 members (excludes halogenated alkanes) is 15. The second-order valence-corrected chi connectivity index (χ2v) is 7.63. The maximum absolute atomic E-state index is 7.56. The van der Waals surface area contributed by atoms with Crippen LogP contribution in [-0.4, -0.2) is 22.1 Å². The number of aliphatic hydroxyl groups excluding tert-OH is 1. The monoisotopic (exact) mass is 406 g/mol. The first kappa shape index (κ1) is 27.6. The van der Waals surface area contributed by atoms with E-state index in [9.17, 15) is 0 Å². The lowest BCUT2D eigenvalue weighted by Crippen LogP contribution is -2.13. The maximum atomic E-state index is 7.56. The fourth-order valence-electron chi connectivity index (χ4n) is 2.82. The van der Waals surface area contributed by atoms with Crippen LogP contribution in [0.5, 0.6) is 0 Å². The van der Waals surface area contributed by atoms with Gasteiger partial charge in [0, 0.05) is 0 Å². The van der Waals surface area contributed by atoms with E-state index in [1.165, 1.54) is 96.3 Å². The van der Waals surface area contributed by atoms with Gasteiger partial charge in [-0.25, -0.2) is 0 Å². The van der Waals surface area contributed by atoms with E-state index in [-0.39, 0.29) is 5.17 Å². The van der Waals surface area contributed by atoms with E-state index in [1.807, 2.05) is 0 Å².